The lowest BCUT2D eigenvalue weighted by atomic mass is 9.92. The highest BCUT2D eigenvalue weighted by Crippen LogP contribution is 2.28. The number of hydrogen-bond acceptors (Lipinski definition) is 3. The molecule has 1 aromatic rings. The summed E-state index contributed by atoms with van der Waals surface area (Å²) in [6.07, 6.45) is -4.70. The highest BCUT2D eigenvalue weighted by Gasteiger charge is 2.32. The van der Waals surface area contributed by atoms with Crippen LogP contribution in [0.1, 0.15) is 38.7 Å². The number of halogens is 4. The Balaban J connectivity index is 3.00. The van der Waals surface area contributed by atoms with Crippen molar-refractivity contribution in [3.8, 4) is 5.75 Å². The molecule has 0 amide bonds. The van der Waals surface area contributed by atoms with Gasteiger partial charge >= 0.3 is 6.36 Å². The number of Topliss-reactive ketones (excluding diaryl/α,β-unsaturated/α-hetero) is 1. The van der Waals surface area contributed by atoms with Crippen LogP contribution in [0.3, 0.4) is 0 Å². The second-order valence-corrected chi connectivity index (χ2v) is 5.17. The van der Waals surface area contributed by atoms with Crippen LogP contribution in [0, 0.1) is 5.82 Å². The minimum Gasteiger partial charge on any atom is -0.403 e. The molecule has 22 heavy (non-hydrogen) atoms. The summed E-state index contributed by atoms with van der Waals surface area (Å²) >= 11 is 0. The van der Waals surface area contributed by atoms with Crippen LogP contribution < -0.4 is 10.1 Å². The monoisotopic (exact) mass is 321 g/mol. The van der Waals surface area contributed by atoms with Crippen molar-refractivity contribution in [1.82, 2.24) is 5.32 Å². The molecular weight excluding hydrogens is 302 g/mol. The molecule has 3 nitrogen and oxygen atoms in total. The number of carbonyl (C=O) groups is 1. The zero-order valence-corrected chi connectivity index (χ0v) is 12.6. The van der Waals surface area contributed by atoms with Crippen molar-refractivity contribution in [2.24, 2.45) is 0 Å². The van der Waals surface area contributed by atoms with Gasteiger partial charge in [-0.15, -0.1) is 13.2 Å². The van der Waals surface area contributed by atoms with Gasteiger partial charge in [-0.2, -0.15) is 0 Å². The SMILES string of the molecule is CCC(=O)[C@H](CNC(C)C)c1ccc(OC(F)(F)F)c(F)c1. The minimum absolute atomic E-state index is 0.114. The minimum atomic E-state index is -4.96. The van der Waals surface area contributed by atoms with Gasteiger partial charge in [0.2, 0.25) is 0 Å². The van der Waals surface area contributed by atoms with Crippen molar-refractivity contribution in [2.75, 3.05) is 6.54 Å². The van der Waals surface area contributed by atoms with Gasteiger partial charge in [-0.1, -0.05) is 26.8 Å². The molecule has 0 saturated carbocycles. The summed E-state index contributed by atoms with van der Waals surface area (Å²) in [5, 5.41) is 3.08. The standard InChI is InChI=1S/C15H19F4NO2/c1-4-13(21)11(8-20-9(2)3)10-5-6-14(12(16)7-10)22-15(17,18)19/h5-7,9,11,20H,4,8H2,1-3H3/t11-/m1/s1. The summed E-state index contributed by atoms with van der Waals surface area (Å²) < 4.78 is 53.7. The van der Waals surface area contributed by atoms with E-state index in [1.807, 2.05) is 13.8 Å². The van der Waals surface area contributed by atoms with Gasteiger partial charge in [0.05, 0.1) is 5.92 Å². The number of ketones is 1. The molecule has 0 fully saturated rings. The Hall–Kier alpha value is -1.63. The van der Waals surface area contributed by atoms with E-state index >= 15 is 0 Å². The second-order valence-electron chi connectivity index (χ2n) is 5.17. The van der Waals surface area contributed by atoms with Gasteiger partial charge in [-0.25, -0.2) is 4.39 Å². The van der Waals surface area contributed by atoms with Crippen LogP contribution >= 0.6 is 0 Å². The first-order chi connectivity index (χ1) is 10.1. The van der Waals surface area contributed by atoms with E-state index in [9.17, 15) is 22.4 Å². The maximum Gasteiger partial charge on any atom is 0.573 e. The van der Waals surface area contributed by atoms with E-state index in [2.05, 4.69) is 10.1 Å². The maximum atomic E-state index is 13.8. The van der Waals surface area contributed by atoms with Crippen molar-refractivity contribution in [3.63, 3.8) is 0 Å². The summed E-state index contributed by atoms with van der Waals surface area (Å²) in [5.74, 6) is -2.78. The number of rotatable bonds is 7. The van der Waals surface area contributed by atoms with Gasteiger partial charge in [0.25, 0.3) is 0 Å². The molecule has 0 saturated heterocycles. The zero-order valence-electron chi connectivity index (χ0n) is 12.6. The summed E-state index contributed by atoms with van der Waals surface area (Å²) in [4.78, 5) is 12.0. The average molecular weight is 321 g/mol. The van der Waals surface area contributed by atoms with Crippen molar-refractivity contribution >= 4 is 5.78 Å². The largest absolute Gasteiger partial charge is 0.573 e. The number of alkyl halides is 3. The Kier molecular flexibility index (Phi) is 6.34. The van der Waals surface area contributed by atoms with Crippen molar-refractivity contribution in [3.05, 3.63) is 29.6 Å². The first kappa shape index (κ1) is 18.4. The zero-order chi connectivity index (χ0) is 16.9. The van der Waals surface area contributed by atoms with Crippen molar-refractivity contribution < 1.29 is 27.1 Å². The molecule has 1 rings (SSSR count). The Bertz CT molecular complexity index is 515. The van der Waals surface area contributed by atoms with E-state index in [1.165, 1.54) is 6.07 Å². The third-order valence-electron chi connectivity index (χ3n) is 3.05. The quantitative estimate of drug-likeness (QED) is 0.777. The van der Waals surface area contributed by atoms with Crippen LogP contribution in [-0.2, 0) is 4.79 Å². The fraction of sp³-hybridized carbons (Fsp3) is 0.533. The first-order valence-corrected chi connectivity index (χ1v) is 6.95. The molecule has 1 aromatic carbocycles. The molecule has 0 spiro atoms. The van der Waals surface area contributed by atoms with E-state index < -0.39 is 23.8 Å². The van der Waals surface area contributed by atoms with Crippen molar-refractivity contribution in [1.29, 1.82) is 0 Å². The van der Waals surface area contributed by atoms with Gasteiger partial charge in [0.15, 0.2) is 11.6 Å². The molecule has 0 aliphatic carbocycles. The van der Waals surface area contributed by atoms with Crippen LogP contribution in [0.25, 0.3) is 0 Å². The summed E-state index contributed by atoms with van der Waals surface area (Å²) in [5.41, 5.74) is 0.326. The predicted octanol–water partition coefficient (Wildman–Crippen LogP) is 3.79. The highest BCUT2D eigenvalue weighted by atomic mass is 19.4. The maximum absolute atomic E-state index is 13.8. The molecule has 1 atom stereocenters. The molecular formula is C15H19F4NO2. The number of hydrogen-bond donors (Lipinski definition) is 1. The lowest BCUT2D eigenvalue weighted by Gasteiger charge is -2.19. The third-order valence-corrected chi connectivity index (χ3v) is 3.05. The van der Waals surface area contributed by atoms with Crippen LogP contribution in [-0.4, -0.2) is 24.7 Å². The number of benzene rings is 1. The topological polar surface area (TPSA) is 38.3 Å². The summed E-state index contributed by atoms with van der Waals surface area (Å²) in [6.45, 7) is 5.77. The molecule has 0 heterocycles. The Labute approximate surface area is 126 Å². The van der Waals surface area contributed by atoms with Gasteiger partial charge in [0.1, 0.15) is 5.78 Å². The van der Waals surface area contributed by atoms with E-state index in [0.717, 1.165) is 12.1 Å². The van der Waals surface area contributed by atoms with Gasteiger partial charge in [0, 0.05) is 19.0 Å². The van der Waals surface area contributed by atoms with Crippen LogP contribution in [0.4, 0.5) is 17.6 Å². The van der Waals surface area contributed by atoms with Gasteiger partial charge in [-0.05, 0) is 17.7 Å². The van der Waals surface area contributed by atoms with Crippen molar-refractivity contribution in [2.45, 2.75) is 45.5 Å². The molecule has 0 bridgehead atoms. The number of nitrogens with one attached hydrogen (secondary N) is 1. The molecule has 124 valence electrons. The predicted molar refractivity (Wildman–Crippen MR) is 74.3 cm³/mol. The molecule has 1 N–H and O–H groups in total. The normalized spacial score (nSPS) is 13.3. The molecule has 0 radical (unpaired) electrons. The number of carbonyl (C=O) groups excluding carboxylic acids is 1. The lowest BCUT2D eigenvalue weighted by Crippen LogP contribution is -2.31. The summed E-state index contributed by atoms with van der Waals surface area (Å²) in [6, 6.07) is 3.22. The fourth-order valence-electron chi connectivity index (χ4n) is 1.96. The summed E-state index contributed by atoms with van der Waals surface area (Å²) in [7, 11) is 0. The number of ether oxygens (including phenoxy) is 1. The second kappa shape index (κ2) is 7.58. The third kappa shape index (κ3) is 5.63. The molecule has 7 heteroatoms. The fourth-order valence-corrected chi connectivity index (χ4v) is 1.96. The van der Waals surface area contributed by atoms with E-state index in [4.69, 9.17) is 0 Å². The van der Waals surface area contributed by atoms with E-state index in [1.54, 1.807) is 6.92 Å². The van der Waals surface area contributed by atoms with Crippen LogP contribution in [0.5, 0.6) is 5.75 Å². The van der Waals surface area contributed by atoms with Crippen LogP contribution in [0.2, 0.25) is 0 Å². The Morgan fingerprint density at radius 1 is 1.32 bits per heavy atom. The van der Waals surface area contributed by atoms with Gasteiger partial charge < -0.3 is 10.1 Å². The van der Waals surface area contributed by atoms with E-state index in [0.29, 0.717) is 12.1 Å². The molecule has 0 unspecified atom stereocenters. The Morgan fingerprint density at radius 2 is 1.95 bits per heavy atom. The molecule has 0 aliphatic heterocycles. The average Bonchev–Trinajstić information content (AvgIpc) is 2.39. The Morgan fingerprint density at radius 3 is 2.41 bits per heavy atom. The van der Waals surface area contributed by atoms with Crippen LogP contribution in [0.15, 0.2) is 18.2 Å². The lowest BCUT2D eigenvalue weighted by molar-refractivity contribution is -0.275. The molecule has 0 aliphatic rings. The van der Waals surface area contributed by atoms with E-state index in [-0.39, 0.29) is 18.2 Å². The highest BCUT2D eigenvalue weighted by molar-refractivity contribution is 5.85. The smallest absolute Gasteiger partial charge is 0.403 e. The van der Waals surface area contributed by atoms with Gasteiger partial charge in [-0.3, -0.25) is 4.79 Å². The first-order valence-electron chi connectivity index (χ1n) is 6.95. The molecule has 0 aromatic heterocycles.